The van der Waals surface area contributed by atoms with E-state index in [1.807, 2.05) is 29.8 Å². The van der Waals surface area contributed by atoms with E-state index in [0.29, 0.717) is 13.0 Å². The number of para-hydroxylation sites is 1. The monoisotopic (exact) mass is 327 g/mol. The highest BCUT2D eigenvalue weighted by Crippen LogP contribution is 2.15. The maximum atomic E-state index is 13.4. The summed E-state index contributed by atoms with van der Waals surface area (Å²) in [5.41, 5.74) is 3.10. The van der Waals surface area contributed by atoms with E-state index >= 15 is 0 Å². The van der Waals surface area contributed by atoms with Crippen LogP contribution >= 0.6 is 0 Å². The van der Waals surface area contributed by atoms with Crippen molar-refractivity contribution in [2.45, 2.75) is 6.42 Å². The van der Waals surface area contributed by atoms with E-state index in [-0.39, 0.29) is 18.3 Å². The summed E-state index contributed by atoms with van der Waals surface area (Å²) in [5.74, 6) is -0.681. The summed E-state index contributed by atoms with van der Waals surface area (Å²) < 4.78 is 20.5. The second-order valence-corrected chi connectivity index (χ2v) is 5.50. The predicted octanol–water partition coefficient (Wildman–Crippen LogP) is 2.45. The molecule has 0 bridgehead atoms. The van der Waals surface area contributed by atoms with Gasteiger partial charge in [-0.15, -0.1) is 0 Å². The van der Waals surface area contributed by atoms with Gasteiger partial charge in [0.15, 0.2) is 18.2 Å². The number of ether oxygens (including phenoxy) is 1. The zero-order valence-electron chi connectivity index (χ0n) is 13.3. The Balaban J connectivity index is 1.46. The van der Waals surface area contributed by atoms with Crippen molar-refractivity contribution in [3.05, 3.63) is 60.2 Å². The zero-order chi connectivity index (χ0) is 16.9. The van der Waals surface area contributed by atoms with Crippen molar-refractivity contribution in [1.82, 2.24) is 14.9 Å². The van der Waals surface area contributed by atoms with Gasteiger partial charge in [-0.05, 0) is 36.2 Å². The first-order chi connectivity index (χ1) is 11.6. The first kappa shape index (κ1) is 16.0. The van der Waals surface area contributed by atoms with Crippen LogP contribution in [-0.2, 0) is 18.3 Å². The fraction of sp³-hybridized carbons (Fsp3) is 0.222. The van der Waals surface area contributed by atoms with Crippen LogP contribution < -0.4 is 10.1 Å². The number of hydrogen-bond acceptors (Lipinski definition) is 3. The molecule has 6 heteroatoms. The topological polar surface area (TPSA) is 56.2 Å². The molecule has 3 rings (SSSR count). The number of nitrogens with zero attached hydrogens (tertiary/aromatic N) is 2. The lowest BCUT2D eigenvalue weighted by Crippen LogP contribution is -2.30. The average Bonchev–Trinajstić information content (AvgIpc) is 2.95. The largest absolute Gasteiger partial charge is 0.481 e. The smallest absolute Gasteiger partial charge is 0.257 e. The van der Waals surface area contributed by atoms with Crippen LogP contribution in [0.4, 0.5) is 4.39 Å². The number of carbonyl (C=O) groups is 1. The van der Waals surface area contributed by atoms with E-state index in [1.165, 1.54) is 12.1 Å². The van der Waals surface area contributed by atoms with Crippen molar-refractivity contribution >= 4 is 16.9 Å². The Morgan fingerprint density at radius 1 is 1.29 bits per heavy atom. The normalized spacial score (nSPS) is 10.8. The maximum Gasteiger partial charge on any atom is 0.257 e. The van der Waals surface area contributed by atoms with Crippen LogP contribution in [0.2, 0.25) is 0 Å². The van der Waals surface area contributed by atoms with Crippen molar-refractivity contribution in [2.24, 2.45) is 7.05 Å². The molecule has 5 nitrogen and oxygen atoms in total. The highest BCUT2D eigenvalue weighted by atomic mass is 19.1. The lowest BCUT2D eigenvalue weighted by Gasteiger charge is -2.08. The second kappa shape index (κ2) is 7.12. The van der Waals surface area contributed by atoms with Crippen LogP contribution in [0.5, 0.6) is 5.75 Å². The van der Waals surface area contributed by atoms with Gasteiger partial charge >= 0.3 is 0 Å². The number of fused-ring (bicyclic) bond motifs is 1. The van der Waals surface area contributed by atoms with E-state index in [9.17, 15) is 9.18 Å². The van der Waals surface area contributed by atoms with Gasteiger partial charge in [0.1, 0.15) is 0 Å². The minimum atomic E-state index is -0.478. The highest BCUT2D eigenvalue weighted by molar-refractivity contribution is 5.78. The number of benzene rings is 2. The van der Waals surface area contributed by atoms with Crippen molar-refractivity contribution in [2.75, 3.05) is 13.2 Å². The Bertz CT molecular complexity index is 860. The SMILES string of the molecule is Cn1cnc2cc(CCNC(=O)COc3ccccc3F)ccc21. The fourth-order valence-electron chi connectivity index (χ4n) is 2.44. The summed E-state index contributed by atoms with van der Waals surface area (Å²) in [6, 6.07) is 12.1. The van der Waals surface area contributed by atoms with Crippen LogP contribution in [0.1, 0.15) is 5.56 Å². The zero-order valence-corrected chi connectivity index (χ0v) is 13.3. The molecule has 0 radical (unpaired) electrons. The van der Waals surface area contributed by atoms with E-state index in [0.717, 1.165) is 16.6 Å². The lowest BCUT2D eigenvalue weighted by atomic mass is 10.1. The van der Waals surface area contributed by atoms with Crippen LogP contribution in [0.3, 0.4) is 0 Å². The Morgan fingerprint density at radius 3 is 2.96 bits per heavy atom. The minimum Gasteiger partial charge on any atom is -0.481 e. The van der Waals surface area contributed by atoms with Crippen LogP contribution in [0.15, 0.2) is 48.8 Å². The minimum absolute atomic E-state index is 0.0771. The van der Waals surface area contributed by atoms with Gasteiger partial charge in [0.05, 0.1) is 17.4 Å². The molecule has 2 aromatic carbocycles. The third-order valence-corrected chi connectivity index (χ3v) is 3.72. The molecule has 1 N–H and O–H groups in total. The molecule has 0 spiro atoms. The molecule has 0 unspecified atom stereocenters. The highest BCUT2D eigenvalue weighted by Gasteiger charge is 2.06. The third kappa shape index (κ3) is 3.71. The number of aromatic nitrogens is 2. The Morgan fingerprint density at radius 2 is 2.12 bits per heavy atom. The van der Waals surface area contributed by atoms with E-state index in [2.05, 4.69) is 10.3 Å². The number of halogens is 1. The average molecular weight is 327 g/mol. The van der Waals surface area contributed by atoms with E-state index in [4.69, 9.17) is 4.74 Å². The number of amides is 1. The van der Waals surface area contributed by atoms with Gasteiger partial charge in [0, 0.05) is 13.6 Å². The van der Waals surface area contributed by atoms with Crippen molar-refractivity contribution in [3.63, 3.8) is 0 Å². The molecule has 0 aliphatic rings. The second-order valence-electron chi connectivity index (χ2n) is 5.50. The molecule has 0 aliphatic heterocycles. The van der Waals surface area contributed by atoms with Crippen LogP contribution in [0.25, 0.3) is 11.0 Å². The summed E-state index contributed by atoms with van der Waals surface area (Å²) >= 11 is 0. The van der Waals surface area contributed by atoms with Gasteiger partial charge in [-0.25, -0.2) is 9.37 Å². The number of nitrogens with one attached hydrogen (secondary N) is 1. The van der Waals surface area contributed by atoms with Crippen molar-refractivity contribution < 1.29 is 13.9 Å². The van der Waals surface area contributed by atoms with Crippen LogP contribution in [0, 0.1) is 5.82 Å². The molecule has 3 aromatic rings. The summed E-state index contributed by atoms with van der Waals surface area (Å²) in [5, 5.41) is 2.76. The molecule has 1 aromatic heterocycles. The molecule has 0 aliphatic carbocycles. The van der Waals surface area contributed by atoms with Gasteiger partial charge in [-0.3, -0.25) is 4.79 Å². The predicted molar refractivity (Wildman–Crippen MR) is 89.3 cm³/mol. The maximum absolute atomic E-state index is 13.4. The Labute approximate surface area is 139 Å². The lowest BCUT2D eigenvalue weighted by molar-refractivity contribution is -0.123. The Hall–Kier alpha value is -2.89. The first-order valence-corrected chi connectivity index (χ1v) is 7.67. The molecule has 124 valence electrons. The van der Waals surface area contributed by atoms with Crippen molar-refractivity contribution in [3.8, 4) is 5.75 Å². The van der Waals surface area contributed by atoms with Gasteiger partial charge in [0.2, 0.25) is 0 Å². The van der Waals surface area contributed by atoms with Gasteiger partial charge in [0.25, 0.3) is 5.91 Å². The molecule has 1 amide bonds. The molecule has 0 saturated heterocycles. The number of rotatable bonds is 6. The Kier molecular flexibility index (Phi) is 4.74. The third-order valence-electron chi connectivity index (χ3n) is 3.72. The number of aryl methyl sites for hydroxylation is 1. The summed E-state index contributed by atoms with van der Waals surface area (Å²) in [7, 11) is 1.95. The van der Waals surface area contributed by atoms with Gasteiger partial charge < -0.3 is 14.6 Å². The van der Waals surface area contributed by atoms with Gasteiger partial charge in [-0.2, -0.15) is 0 Å². The standard InChI is InChI=1S/C18H18FN3O2/c1-22-12-21-15-10-13(6-7-16(15)22)8-9-20-18(23)11-24-17-5-3-2-4-14(17)19/h2-7,10,12H,8-9,11H2,1H3,(H,20,23). The number of hydrogen-bond donors (Lipinski definition) is 1. The van der Waals surface area contributed by atoms with E-state index in [1.54, 1.807) is 18.5 Å². The molecular formula is C18H18FN3O2. The van der Waals surface area contributed by atoms with Gasteiger partial charge in [-0.1, -0.05) is 18.2 Å². The molecule has 0 saturated carbocycles. The summed E-state index contributed by atoms with van der Waals surface area (Å²) in [4.78, 5) is 16.1. The van der Waals surface area contributed by atoms with Crippen molar-refractivity contribution in [1.29, 1.82) is 0 Å². The first-order valence-electron chi connectivity index (χ1n) is 7.67. The van der Waals surface area contributed by atoms with E-state index < -0.39 is 5.82 Å². The number of carbonyl (C=O) groups excluding carboxylic acids is 1. The number of imidazole rings is 1. The fourth-order valence-corrected chi connectivity index (χ4v) is 2.44. The molecular weight excluding hydrogens is 309 g/mol. The summed E-state index contributed by atoms with van der Waals surface area (Å²) in [6.45, 7) is 0.276. The summed E-state index contributed by atoms with van der Waals surface area (Å²) in [6.07, 6.45) is 2.47. The molecule has 1 heterocycles. The molecule has 0 atom stereocenters. The quantitative estimate of drug-likeness (QED) is 0.757. The van der Waals surface area contributed by atoms with Crippen LogP contribution in [-0.4, -0.2) is 28.6 Å². The molecule has 0 fully saturated rings. The molecule has 24 heavy (non-hydrogen) atoms.